The summed E-state index contributed by atoms with van der Waals surface area (Å²) in [5, 5.41) is 0. The average Bonchev–Trinajstić information content (AvgIpc) is 2.31. The van der Waals surface area contributed by atoms with Gasteiger partial charge in [0.05, 0.1) is 0 Å². The minimum atomic E-state index is -1.72. The zero-order valence-corrected chi connectivity index (χ0v) is 15.6. The number of hydrogen-bond donors (Lipinski definition) is 0. The third-order valence-electron chi connectivity index (χ3n) is 3.33. The first-order valence-corrected chi connectivity index (χ1v) is 13.4. The molecular formula is C15H27O3Sn. The van der Waals surface area contributed by atoms with Crippen LogP contribution in [-0.2, 0) is 14.4 Å². The van der Waals surface area contributed by atoms with Crippen molar-refractivity contribution in [1.29, 1.82) is 0 Å². The van der Waals surface area contributed by atoms with Gasteiger partial charge in [-0.25, -0.2) is 0 Å². The van der Waals surface area contributed by atoms with Crippen LogP contribution < -0.4 is 0 Å². The van der Waals surface area contributed by atoms with Gasteiger partial charge in [-0.3, -0.25) is 0 Å². The molecule has 0 heterocycles. The van der Waals surface area contributed by atoms with Gasteiger partial charge in [0.1, 0.15) is 0 Å². The van der Waals surface area contributed by atoms with Gasteiger partial charge in [0, 0.05) is 0 Å². The van der Waals surface area contributed by atoms with E-state index in [9.17, 15) is 14.4 Å². The van der Waals surface area contributed by atoms with E-state index >= 15 is 0 Å². The fourth-order valence-corrected chi connectivity index (χ4v) is 10.8. The van der Waals surface area contributed by atoms with Crippen molar-refractivity contribution in [3.8, 4) is 0 Å². The summed E-state index contributed by atoms with van der Waals surface area (Å²) in [6.07, 6.45) is 4.70. The Bertz CT molecular complexity index is 291. The minimum absolute atomic E-state index is 0.0957. The molecule has 0 fully saturated rings. The SMILES string of the molecule is CCC[CH2][Sn]([CH2]CCC)[CH2]C(=O)C(C(C)=O)C(C)=O. The molecular weight excluding hydrogens is 347 g/mol. The van der Waals surface area contributed by atoms with Crippen LogP contribution >= 0.6 is 0 Å². The molecule has 0 aliphatic carbocycles. The summed E-state index contributed by atoms with van der Waals surface area (Å²) < 4.78 is 3.01. The van der Waals surface area contributed by atoms with E-state index in [1.54, 1.807) is 0 Å². The summed E-state index contributed by atoms with van der Waals surface area (Å²) >= 11 is -1.72. The molecule has 19 heavy (non-hydrogen) atoms. The van der Waals surface area contributed by atoms with Gasteiger partial charge >= 0.3 is 124 Å². The van der Waals surface area contributed by atoms with Gasteiger partial charge in [-0.15, -0.1) is 0 Å². The number of unbranched alkanes of at least 4 members (excludes halogenated alkanes) is 2. The van der Waals surface area contributed by atoms with E-state index in [1.165, 1.54) is 35.6 Å². The van der Waals surface area contributed by atoms with Crippen LogP contribution in [0.3, 0.4) is 0 Å². The third kappa shape index (κ3) is 7.85. The monoisotopic (exact) mass is 375 g/mol. The average molecular weight is 374 g/mol. The van der Waals surface area contributed by atoms with E-state index < -0.39 is 25.7 Å². The molecule has 0 saturated heterocycles. The van der Waals surface area contributed by atoms with Crippen LogP contribution in [0.1, 0.15) is 53.4 Å². The van der Waals surface area contributed by atoms with Crippen molar-refractivity contribution in [3.63, 3.8) is 0 Å². The first-order valence-electron chi connectivity index (χ1n) is 7.31. The first-order chi connectivity index (χ1) is 8.93. The van der Waals surface area contributed by atoms with Crippen LogP contribution in [0.15, 0.2) is 0 Å². The number of hydrogen-bond acceptors (Lipinski definition) is 3. The maximum absolute atomic E-state index is 12.2. The molecule has 4 heteroatoms. The summed E-state index contributed by atoms with van der Waals surface area (Å²) in [7, 11) is 0. The van der Waals surface area contributed by atoms with Crippen molar-refractivity contribution in [1.82, 2.24) is 0 Å². The summed E-state index contributed by atoms with van der Waals surface area (Å²) in [6.45, 7) is 7.03. The molecule has 3 nitrogen and oxygen atoms in total. The molecule has 0 atom stereocenters. The van der Waals surface area contributed by atoms with Crippen LogP contribution in [-0.4, -0.2) is 37.1 Å². The fraction of sp³-hybridized carbons (Fsp3) is 0.800. The number of rotatable bonds is 11. The van der Waals surface area contributed by atoms with Gasteiger partial charge in [0.2, 0.25) is 0 Å². The molecule has 109 valence electrons. The number of carbonyl (C=O) groups excluding carboxylic acids is 3. The molecule has 0 aromatic rings. The van der Waals surface area contributed by atoms with Crippen molar-refractivity contribution in [2.45, 2.75) is 66.7 Å². The van der Waals surface area contributed by atoms with Gasteiger partial charge in [0.15, 0.2) is 0 Å². The van der Waals surface area contributed by atoms with Crippen molar-refractivity contribution < 1.29 is 14.4 Å². The van der Waals surface area contributed by atoms with Crippen LogP contribution in [0.2, 0.25) is 13.3 Å². The maximum atomic E-state index is 12.2. The summed E-state index contributed by atoms with van der Waals surface area (Å²) in [4.78, 5) is 35.0. The Labute approximate surface area is 124 Å². The molecule has 0 bridgehead atoms. The molecule has 0 saturated carbocycles. The first kappa shape index (κ1) is 18.8. The Hall–Kier alpha value is -0.191. The predicted molar refractivity (Wildman–Crippen MR) is 79.9 cm³/mol. The molecule has 0 spiro atoms. The third-order valence-corrected chi connectivity index (χ3v) is 11.8. The molecule has 0 aliphatic rings. The summed E-state index contributed by atoms with van der Waals surface area (Å²) in [5.41, 5.74) is 0. The Morgan fingerprint density at radius 3 is 1.63 bits per heavy atom. The molecule has 0 aromatic heterocycles. The zero-order chi connectivity index (χ0) is 14.8. The van der Waals surface area contributed by atoms with E-state index in [-0.39, 0.29) is 17.3 Å². The van der Waals surface area contributed by atoms with E-state index in [4.69, 9.17) is 0 Å². The van der Waals surface area contributed by atoms with Gasteiger partial charge in [-0.1, -0.05) is 0 Å². The van der Waals surface area contributed by atoms with Crippen molar-refractivity contribution in [2.24, 2.45) is 5.92 Å². The van der Waals surface area contributed by atoms with Crippen molar-refractivity contribution in [3.05, 3.63) is 0 Å². The van der Waals surface area contributed by atoms with E-state index in [2.05, 4.69) is 13.8 Å². The molecule has 0 rings (SSSR count). The van der Waals surface area contributed by atoms with E-state index in [0.717, 1.165) is 12.8 Å². The van der Waals surface area contributed by atoms with Crippen LogP contribution in [0.4, 0.5) is 0 Å². The number of carbonyl (C=O) groups is 3. The molecule has 0 aromatic carbocycles. The summed E-state index contributed by atoms with van der Waals surface area (Å²) in [5.74, 6) is -1.64. The Kier molecular flexibility index (Phi) is 10.5. The number of ketones is 3. The van der Waals surface area contributed by atoms with Gasteiger partial charge < -0.3 is 0 Å². The normalized spacial score (nSPS) is 11.1. The molecule has 0 aliphatic heterocycles. The second-order valence-electron chi connectivity index (χ2n) is 5.25. The molecule has 0 unspecified atom stereocenters. The Morgan fingerprint density at radius 2 is 1.32 bits per heavy atom. The van der Waals surface area contributed by atoms with Crippen LogP contribution in [0.5, 0.6) is 0 Å². The van der Waals surface area contributed by atoms with Gasteiger partial charge in [-0.2, -0.15) is 0 Å². The van der Waals surface area contributed by atoms with E-state index in [1.807, 2.05) is 0 Å². The molecule has 0 N–H and O–H groups in total. The Morgan fingerprint density at radius 1 is 0.895 bits per heavy atom. The second-order valence-corrected chi connectivity index (χ2v) is 13.4. The Balaban J connectivity index is 4.57. The van der Waals surface area contributed by atoms with Crippen LogP contribution in [0, 0.1) is 5.92 Å². The van der Waals surface area contributed by atoms with Crippen molar-refractivity contribution in [2.75, 3.05) is 0 Å². The van der Waals surface area contributed by atoms with E-state index in [0.29, 0.717) is 4.44 Å². The van der Waals surface area contributed by atoms with Gasteiger partial charge in [0.25, 0.3) is 0 Å². The fourth-order valence-electron chi connectivity index (χ4n) is 2.24. The second kappa shape index (κ2) is 10.6. The van der Waals surface area contributed by atoms with Crippen molar-refractivity contribution >= 4 is 37.1 Å². The molecule has 1 radical (unpaired) electrons. The quantitative estimate of drug-likeness (QED) is 0.411. The molecule has 0 amide bonds. The zero-order valence-electron chi connectivity index (χ0n) is 12.8. The van der Waals surface area contributed by atoms with Crippen LogP contribution in [0.25, 0.3) is 0 Å². The topological polar surface area (TPSA) is 51.2 Å². The summed E-state index contributed by atoms with van der Waals surface area (Å²) in [6, 6.07) is 0. The standard InChI is InChI=1S/C7H9O3.2C4H9.Sn/c1-4(8)7(5(2)9)6(3)10;2*1-3-4-2;/h7H,1H2,2-3H3;2*1,3-4H2,2H3;. The van der Waals surface area contributed by atoms with Gasteiger partial charge in [-0.05, 0) is 0 Å². The number of Topliss-reactive ketones (excluding diaryl/α,β-unsaturated/α-hetero) is 3. The predicted octanol–water partition coefficient (Wildman–Crippen LogP) is 3.44.